The van der Waals surface area contributed by atoms with Crippen LogP contribution in [0.4, 0.5) is 11.4 Å². The molecule has 2 aromatic rings. The van der Waals surface area contributed by atoms with Gasteiger partial charge in [-0.25, -0.2) is 8.42 Å². The number of rotatable bonds is 7. The van der Waals surface area contributed by atoms with Gasteiger partial charge in [-0.2, -0.15) is 0 Å². The predicted octanol–water partition coefficient (Wildman–Crippen LogP) is 4.46. The number of carbonyl (C=O) groups is 2. The Morgan fingerprint density at radius 3 is 2.38 bits per heavy atom. The minimum atomic E-state index is -3.79. The Hall–Kier alpha value is -2.29. The number of carbonyl (C=O) groups excluding carboxylic acids is 2. The van der Waals surface area contributed by atoms with Gasteiger partial charge in [0.2, 0.25) is 15.9 Å². The second-order valence-corrected chi connectivity index (χ2v) is 10.5. The van der Waals surface area contributed by atoms with E-state index in [4.69, 9.17) is 23.2 Å². The Morgan fingerprint density at radius 1 is 1.03 bits per heavy atom. The normalized spacial score (nSPS) is 14.6. The van der Waals surface area contributed by atoms with Crippen LogP contribution in [0.5, 0.6) is 0 Å². The molecule has 1 aliphatic rings. The van der Waals surface area contributed by atoms with Crippen LogP contribution in [0, 0.1) is 0 Å². The third kappa shape index (κ3) is 6.37. The first-order valence-electron chi connectivity index (χ1n) is 10.3. The third-order valence-corrected chi connectivity index (χ3v) is 7.14. The fraction of sp³-hybridized carbons (Fsp3) is 0.364. The Labute approximate surface area is 198 Å². The zero-order valence-corrected chi connectivity index (χ0v) is 19.9. The molecule has 0 unspecified atom stereocenters. The molecule has 2 N–H and O–H groups in total. The summed E-state index contributed by atoms with van der Waals surface area (Å²) in [5, 5.41) is 6.13. The molecule has 2 amide bonds. The molecule has 1 saturated carbocycles. The predicted molar refractivity (Wildman–Crippen MR) is 128 cm³/mol. The second kappa shape index (κ2) is 10.6. The van der Waals surface area contributed by atoms with E-state index < -0.39 is 22.5 Å². The number of amides is 2. The van der Waals surface area contributed by atoms with E-state index in [0.717, 1.165) is 36.2 Å². The lowest BCUT2D eigenvalue weighted by Crippen LogP contribution is -2.38. The van der Waals surface area contributed by atoms with Crippen molar-refractivity contribution in [2.75, 3.05) is 22.4 Å². The number of nitrogens with one attached hydrogen (secondary N) is 2. The maximum absolute atomic E-state index is 12.8. The summed E-state index contributed by atoms with van der Waals surface area (Å²) in [5.74, 6) is -0.864. The Kier molecular flexibility index (Phi) is 8.03. The molecule has 1 fully saturated rings. The fourth-order valence-corrected chi connectivity index (χ4v) is 4.80. The van der Waals surface area contributed by atoms with Crippen molar-refractivity contribution in [3.8, 4) is 0 Å². The zero-order chi connectivity index (χ0) is 23.3. The molecule has 0 atom stereocenters. The summed E-state index contributed by atoms with van der Waals surface area (Å²) in [6.07, 6.45) is 6.21. The van der Waals surface area contributed by atoms with E-state index in [9.17, 15) is 18.0 Å². The summed E-state index contributed by atoms with van der Waals surface area (Å²) in [6.45, 7) is -0.491. The van der Waals surface area contributed by atoms with Crippen LogP contribution in [-0.4, -0.2) is 39.1 Å². The lowest BCUT2D eigenvalue weighted by Gasteiger charge is -2.24. The minimum Gasteiger partial charge on any atom is -0.349 e. The van der Waals surface area contributed by atoms with Crippen molar-refractivity contribution in [2.45, 2.75) is 38.1 Å². The third-order valence-electron chi connectivity index (χ3n) is 5.26. The fourth-order valence-electron chi connectivity index (χ4n) is 3.66. The molecule has 10 heteroatoms. The first kappa shape index (κ1) is 24.4. The number of anilines is 2. The van der Waals surface area contributed by atoms with Crippen molar-refractivity contribution in [2.24, 2.45) is 0 Å². The molecule has 0 heterocycles. The second-order valence-electron chi connectivity index (χ2n) is 7.77. The highest BCUT2D eigenvalue weighted by molar-refractivity contribution is 7.92. The van der Waals surface area contributed by atoms with Gasteiger partial charge in [0.15, 0.2) is 0 Å². The van der Waals surface area contributed by atoms with E-state index in [1.165, 1.54) is 24.6 Å². The van der Waals surface area contributed by atoms with E-state index >= 15 is 0 Å². The first-order chi connectivity index (χ1) is 15.1. The van der Waals surface area contributed by atoms with Crippen LogP contribution in [0.15, 0.2) is 42.5 Å². The van der Waals surface area contributed by atoms with Gasteiger partial charge in [0.05, 0.1) is 33.2 Å². The maximum atomic E-state index is 12.8. The molecular weight excluding hydrogens is 473 g/mol. The highest BCUT2D eigenvalue weighted by Crippen LogP contribution is 2.28. The molecule has 3 rings (SSSR count). The summed E-state index contributed by atoms with van der Waals surface area (Å²) in [7, 11) is -3.79. The van der Waals surface area contributed by atoms with E-state index in [-0.39, 0.29) is 27.7 Å². The highest BCUT2D eigenvalue weighted by atomic mass is 35.5. The van der Waals surface area contributed by atoms with Crippen molar-refractivity contribution in [3.63, 3.8) is 0 Å². The highest BCUT2D eigenvalue weighted by Gasteiger charge is 2.23. The van der Waals surface area contributed by atoms with Gasteiger partial charge in [-0.3, -0.25) is 13.9 Å². The molecule has 172 valence electrons. The van der Waals surface area contributed by atoms with Crippen LogP contribution in [0.2, 0.25) is 10.0 Å². The summed E-state index contributed by atoms with van der Waals surface area (Å²) in [5.41, 5.74) is 0.848. The van der Waals surface area contributed by atoms with Gasteiger partial charge in [0.25, 0.3) is 5.91 Å². The van der Waals surface area contributed by atoms with Crippen LogP contribution in [0.3, 0.4) is 0 Å². The standard InChI is InChI=1S/C22H25Cl2N3O4S/c1-32(30,31)27(16-11-12-18(23)19(24)13-16)14-21(28)26-20-10-6-5-9-17(20)22(29)25-15-7-3-2-4-8-15/h5-6,9-13,15H,2-4,7-8,14H2,1H3,(H,25,29)(H,26,28). The van der Waals surface area contributed by atoms with Crippen LogP contribution < -0.4 is 14.9 Å². The van der Waals surface area contributed by atoms with Crippen molar-refractivity contribution in [1.29, 1.82) is 0 Å². The van der Waals surface area contributed by atoms with Gasteiger partial charge in [-0.1, -0.05) is 54.6 Å². The SMILES string of the molecule is CS(=O)(=O)N(CC(=O)Nc1ccccc1C(=O)NC1CCCCC1)c1ccc(Cl)c(Cl)c1. The first-order valence-corrected chi connectivity index (χ1v) is 12.9. The van der Waals surface area contributed by atoms with Crippen molar-refractivity contribution >= 4 is 56.4 Å². The van der Waals surface area contributed by atoms with Gasteiger partial charge in [-0.15, -0.1) is 0 Å². The summed E-state index contributed by atoms with van der Waals surface area (Å²) < 4.78 is 25.6. The average molecular weight is 498 g/mol. The Morgan fingerprint density at radius 2 is 1.72 bits per heavy atom. The average Bonchev–Trinajstić information content (AvgIpc) is 2.74. The number of hydrogen-bond acceptors (Lipinski definition) is 4. The summed E-state index contributed by atoms with van der Waals surface area (Å²) >= 11 is 11.9. The lowest BCUT2D eigenvalue weighted by molar-refractivity contribution is -0.114. The molecule has 1 aliphatic carbocycles. The van der Waals surface area contributed by atoms with E-state index in [1.54, 1.807) is 24.3 Å². The number of para-hydroxylation sites is 1. The quantitative estimate of drug-likeness (QED) is 0.589. The van der Waals surface area contributed by atoms with Crippen LogP contribution in [-0.2, 0) is 14.8 Å². The molecule has 0 bridgehead atoms. The minimum absolute atomic E-state index is 0.121. The smallest absolute Gasteiger partial charge is 0.253 e. The van der Waals surface area contributed by atoms with Crippen LogP contribution >= 0.6 is 23.2 Å². The topological polar surface area (TPSA) is 95.6 Å². The van der Waals surface area contributed by atoms with Crippen molar-refractivity contribution in [3.05, 3.63) is 58.1 Å². The molecule has 0 aliphatic heterocycles. The monoisotopic (exact) mass is 497 g/mol. The molecular formula is C22H25Cl2N3O4S. The van der Waals surface area contributed by atoms with Gasteiger partial charge in [0.1, 0.15) is 6.54 Å². The Bertz CT molecular complexity index is 1100. The summed E-state index contributed by atoms with van der Waals surface area (Å²) in [4.78, 5) is 25.5. The van der Waals surface area contributed by atoms with E-state index in [1.807, 2.05) is 0 Å². The number of halogens is 2. The lowest BCUT2D eigenvalue weighted by atomic mass is 9.95. The number of hydrogen-bond donors (Lipinski definition) is 2. The van der Waals surface area contributed by atoms with Gasteiger partial charge in [-0.05, 0) is 43.2 Å². The van der Waals surface area contributed by atoms with Gasteiger partial charge >= 0.3 is 0 Å². The van der Waals surface area contributed by atoms with Gasteiger partial charge < -0.3 is 10.6 Å². The van der Waals surface area contributed by atoms with E-state index in [2.05, 4.69) is 10.6 Å². The molecule has 7 nitrogen and oxygen atoms in total. The van der Waals surface area contributed by atoms with Crippen LogP contribution in [0.1, 0.15) is 42.5 Å². The van der Waals surface area contributed by atoms with Crippen molar-refractivity contribution < 1.29 is 18.0 Å². The maximum Gasteiger partial charge on any atom is 0.253 e. The van der Waals surface area contributed by atoms with Crippen molar-refractivity contribution in [1.82, 2.24) is 5.32 Å². The molecule has 0 spiro atoms. The number of sulfonamides is 1. The van der Waals surface area contributed by atoms with Gasteiger partial charge in [0, 0.05) is 6.04 Å². The van der Waals surface area contributed by atoms with Crippen LogP contribution in [0.25, 0.3) is 0 Å². The molecule has 32 heavy (non-hydrogen) atoms. The number of benzene rings is 2. The number of nitrogens with zero attached hydrogens (tertiary/aromatic N) is 1. The molecule has 0 saturated heterocycles. The summed E-state index contributed by atoms with van der Waals surface area (Å²) in [6, 6.07) is 11.1. The largest absolute Gasteiger partial charge is 0.349 e. The zero-order valence-electron chi connectivity index (χ0n) is 17.6. The molecule has 0 radical (unpaired) electrons. The Balaban J connectivity index is 1.75. The molecule has 2 aromatic carbocycles. The molecule has 0 aromatic heterocycles. The van der Waals surface area contributed by atoms with E-state index in [0.29, 0.717) is 11.3 Å².